The van der Waals surface area contributed by atoms with Crippen molar-refractivity contribution < 1.29 is 4.79 Å². The molecule has 7 nitrogen and oxygen atoms in total. The van der Waals surface area contributed by atoms with E-state index in [1.54, 1.807) is 36.9 Å². The lowest BCUT2D eigenvalue weighted by molar-refractivity contribution is 0.0951. The maximum Gasteiger partial charge on any atom is 0.251 e. The van der Waals surface area contributed by atoms with Gasteiger partial charge in [0.1, 0.15) is 4.60 Å². The van der Waals surface area contributed by atoms with Gasteiger partial charge in [0.25, 0.3) is 5.91 Å². The van der Waals surface area contributed by atoms with Crippen molar-refractivity contribution in [1.29, 1.82) is 0 Å². The third-order valence-electron chi connectivity index (χ3n) is 4.01. The summed E-state index contributed by atoms with van der Waals surface area (Å²) >= 11 is 3.45. The first-order chi connectivity index (χ1) is 13.2. The fourth-order valence-corrected chi connectivity index (χ4v) is 3.05. The number of benzene rings is 1. The number of pyridine rings is 1. The largest absolute Gasteiger partial charge is 0.348 e. The van der Waals surface area contributed by atoms with Gasteiger partial charge in [-0.15, -0.1) is 0 Å². The number of amides is 1. The van der Waals surface area contributed by atoms with Crippen LogP contribution in [0.15, 0.2) is 72.0 Å². The van der Waals surface area contributed by atoms with Gasteiger partial charge in [0.05, 0.1) is 6.20 Å². The third-order valence-corrected chi connectivity index (χ3v) is 4.60. The van der Waals surface area contributed by atoms with Gasteiger partial charge in [0.2, 0.25) is 0 Å². The van der Waals surface area contributed by atoms with Crippen LogP contribution < -0.4 is 10.6 Å². The second-order valence-corrected chi connectivity index (χ2v) is 6.57. The molecule has 0 fully saturated rings. The van der Waals surface area contributed by atoms with Gasteiger partial charge in [0.15, 0.2) is 11.5 Å². The van der Waals surface area contributed by atoms with Crippen molar-refractivity contribution >= 4 is 39.0 Å². The molecular formula is C19H15BrN6O. The monoisotopic (exact) mass is 422 g/mol. The van der Waals surface area contributed by atoms with Crippen LogP contribution in [0.5, 0.6) is 0 Å². The summed E-state index contributed by atoms with van der Waals surface area (Å²) in [6.07, 6.45) is 8.66. The summed E-state index contributed by atoms with van der Waals surface area (Å²) in [5.41, 5.74) is 2.96. The minimum Gasteiger partial charge on any atom is -0.348 e. The zero-order valence-corrected chi connectivity index (χ0v) is 15.7. The maximum atomic E-state index is 12.3. The number of aromatic nitrogens is 4. The summed E-state index contributed by atoms with van der Waals surface area (Å²) in [6, 6.07) is 10.9. The highest BCUT2D eigenvalue weighted by Crippen LogP contribution is 2.23. The van der Waals surface area contributed by atoms with Gasteiger partial charge < -0.3 is 10.6 Å². The van der Waals surface area contributed by atoms with Crippen LogP contribution in [0.2, 0.25) is 0 Å². The van der Waals surface area contributed by atoms with E-state index in [0.29, 0.717) is 23.6 Å². The number of halogens is 1. The van der Waals surface area contributed by atoms with Crippen molar-refractivity contribution in [3.05, 3.63) is 83.1 Å². The zero-order chi connectivity index (χ0) is 18.6. The Labute approximate surface area is 163 Å². The topological polar surface area (TPSA) is 84.2 Å². The quantitative estimate of drug-likeness (QED) is 0.513. The standard InChI is InChI=1S/C19H15BrN6O/c20-16-12-23-17(18-22-8-9-26(16)18)25-15-6-7-21-10-14(15)11-24-19(27)13-4-2-1-3-5-13/h1-10,12H,11H2,(H,24,27)(H,21,23,25). The molecule has 0 aliphatic rings. The summed E-state index contributed by atoms with van der Waals surface area (Å²) in [5, 5.41) is 6.20. The van der Waals surface area contributed by atoms with Crippen LogP contribution in [0.3, 0.4) is 0 Å². The second-order valence-electron chi connectivity index (χ2n) is 5.76. The van der Waals surface area contributed by atoms with Gasteiger partial charge in [0, 0.05) is 48.1 Å². The van der Waals surface area contributed by atoms with E-state index in [2.05, 4.69) is 41.5 Å². The van der Waals surface area contributed by atoms with Crippen LogP contribution in [-0.2, 0) is 6.54 Å². The molecule has 0 saturated heterocycles. The number of carbonyl (C=O) groups is 1. The molecule has 0 bridgehead atoms. The first kappa shape index (κ1) is 17.2. The van der Waals surface area contributed by atoms with E-state index in [9.17, 15) is 4.79 Å². The molecule has 0 unspecified atom stereocenters. The van der Waals surface area contributed by atoms with Gasteiger partial charge in [-0.1, -0.05) is 18.2 Å². The van der Waals surface area contributed by atoms with Crippen molar-refractivity contribution in [2.45, 2.75) is 6.54 Å². The van der Waals surface area contributed by atoms with Crippen molar-refractivity contribution in [2.75, 3.05) is 5.32 Å². The Kier molecular flexibility index (Phi) is 4.80. The molecule has 1 aromatic carbocycles. The number of rotatable bonds is 5. The van der Waals surface area contributed by atoms with E-state index in [-0.39, 0.29) is 5.91 Å². The average molecular weight is 423 g/mol. The SMILES string of the molecule is O=C(NCc1cnccc1Nc1ncc(Br)n2ccnc12)c1ccccc1. The molecule has 0 radical (unpaired) electrons. The van der Waals surface area contributed by atoms with Crippen LogP contribution in [0.4, 0.5) is 11.5 Å². The number of nitrogens with zero attached hydrogens (tertiary/aromatic N) is 4. The molecule has 0 atom stereocenters. The minimum atomic E-state index is -0.136. The fourth-order valence-electron chi connectivity index (χ4n) is 2.66. The number of anilines is 2. The molecule has 0 spiro atoms. The normalized spacial score (nSPS) is 10.7. The molecule has 3 aromatic heterocycles. The van der Waals surface area contributed by atoms with Crippen LogP contribution in [0.25, 0.3) is 5.65 Å². The highest BCUT2D eigenvalue weighted by molar-refractivity contribution is 9.10. The van der Waals surface area contributed by atoms with Crippen LogP contribution >= 0.6 is 15.9 Å². The van der Waals surface area contributed by atoms with E-state index in [1.807, 2.05) is 34.9 Å². The Morgan fingerprint density at radius 1 is 1.07 bits per heavy atom. The molecule has 0 saturated carbocycles. The summed E-state index contributed by atoms with van der Waals surface area (Å²) in [5.74, 6) is 0.479. The Balaban J connectivity index is 1.55. The molecule has 8 heteroatoms. The number of fused-ring (bicyclic) bond motifs is 1. The third kappa shape index (κ3) is 3.65. The molecule has 3 heterocycles. The van der Waals surface area contributed by atoms with Crippen LogP contribution in [0.1, 0.15) is 15.9 Å². The highest BCUT2D eigenvalue weighted by Gasteiger charge is 2.11. The fraction of sp³-hybridized carbons (Fsp3) is 0.0526. The summed E-state index contributed by atoms with van der Waals surface area (Å²) < 4.78 is 2.69. The Morgan fingerprint density at radius 2 is 1.93 bits per heavy atom. The number of nitrogens with one attached hydrogen (secondary N) is 2. The maximum absolute atomic E-state index is 12.3. The van der Waals surface area contributed by atoms with E-state index >= 15 is 0 Å². The van der Waals surface area contributed by atoms with Crippen LogP contribution in [0, 0.1) is 0 Å². The zero-order valence-electron chi connectivity index (χ0n) is 14.1. The number of hydrogen-bond acceptors (Lipinski definition) is 5. The number of hydrogen-bond donors (Lipinski definition) is 2. The molecule has 2 N–H and O–H groups in total. The summed E-state index contributed by atoms with van der Waals surface area (Å²) in [6.45, 7) is 0.338. The van der Waals surface area contributed by atoms with Gasteiger partial charge in [-0.05, 0) is 34.1 Å². The summed E-state index contributed by atoms with van der Waals surface area (Å²) in [4.78, 5) is 25.2. The summed E-state index contributed by atoms with van der Waals surface area (Å²) in [7, 11) is 0. The Hall–Kier alpha value is -3.26. The molecular weight excluding hydrogens is 408 g/mol. The Bertz CT molecular complexity index is 1100. The molecule has 0 aliphatic heterocycles. The number of carbonyl (C=O) groups excluding carboxylic acids is 1. The van der Waals surface area contributed by atoms with Crippen molar-refractivity contribution in [2.24, 2.45) is 0 Å². The van der Waals surface area contributed by atoms with Crippen LogP contribution in [-0.4, -0.2) is 25.3 Å². The predicted octanol–water partition coefficient (Wildman–Crippen LogP) is 3.56. The highest BCUT2D eigenvalue weighted by atomic mass is 79.9. The van der Waals surface area contributed by atoms with E-state index in [4.69, 9.17) is 0 Å². The molecule has 4 rings (SSSR count). The van der Waals surface area contributed by atoms with Gasteiger partial charge in [-0.2, -0.15) is 0 Å². The van der Waals surface area contributed by atoms with Crippen molar-refractivity contribution in [1.82, 2.24) is 24.7 Å². The predicted molar refractivity (Wildman–Crippen MR) is 106 cm³/mol. The van der Waals surface area contributed by atoms with Gasteiger partial charge in [-0.3, -0.25) is 14.2 Å². The lowest BCUT2D eigenvalue weighted by atomic mass is 10.2. The molecule has 134 valence electrons. The van der Waals surface area contributed by atoms with E-state index in [1.165, 1.54) is 0 Å². The lowest BCUT2D eigenvalue weighted by Crippen LogP contribution is -2.23. The van der Waals surface area contributed by atoms with Crippen molar-refractivity contribution in [3.63, 3.8) is 0 Å². The minimum absolute atomic E-state index is 0.136. The first-order valence-electron chi connectivity index (χ1n) is 8.23. The van der Waals surface area contributed by atoms with Gasteiger partial charge >= 0.3 is 0 Å². The molecule has 27 heavy (non-hydrogen) atoms. The lowest BCUT2D eigenvalue weighted by Gasteiger charge is -2.13. The average Bonchev–Trinajstić information content (AvgIpc) is 3.21. The first-order valence-corrected chi connectivity index (χ1v) is 9.02. The smallest absolute Gasteiger partial charge is 0.251 e. The Morgan fingerprint density at radius 3 is 2.78 bits per heavy atom. The van der Waals surface area contributed by atoms with Crippen molar-refractivity contribution in [3.8, 4) is 0 Å². The number of imidazole rings is 1. The second kappa shape index (κ2) is 7.55. The van der Waals surface area contributed by atoms with E-state index < -0.39 is 0 Å². The molecule has 0 aliphatic carbocycles. The van der Waals surface area contributed by atoms with Gasteiger partial charge in [-0.25, -0.2) is 9.97 Å². The van der Waals surface area contributed by atoms with E-state index in [0.717, 1.165) is 15.9 Å². The molecule has 4 aromatic rings. The molecule has 1 amide bonds.